The topological polar surface area (TPSA) is 15.3 Å². The second kappa shape index (κ2) is 7.06. The molecule has 2 rings (SSSR count). The lowest BCUT2D eigenvalue weighted by molar-refractivity contribution is 0.163. The van der Waals surface area contributed by atoms with Gasteiger partial charge < -0.3 is 5.32 Å². The third kappa shape index (κ3) is 4.05. The lowest BCUT2D eigenvalue weighted by Crippen LogP contribution is -2.45. The molecule has 0 aliphatic carbocycles. The van der Waals surface area contributed by atoms with E-state index in [4.69, 9.17) is 0 Å². The minimum Gasteiger partial charge on any atom is -0.314 e. The molecule has 1 aliphatic heterocycles. The Morgan fingerprint density at radius 2 is 1.74 bits per heavy atom. The van der Waals surface area contributed by atoms with Crippen LogP contribution in [0.1, 0.15) is 48.9 Å². The highest BCUT2D eigenvalue weighted by Crippen LogP contribution is 2.28. The van der Waals surface area contributed by atoms with E-state index in [1.165, 1.54) is 49.0 Å². The van der Waals surface area contributed by atoms with Crippen molar-refractivity contribution in [1.29, 1.82) is 0 Å². The lowest BCUT2D eigenvalue weighted by Gasteiger charge is -2.35. The molecule has 0 radical (unpaired) electrons. The number of hydrogen-bond donors (Lipinski definition) is 1. The van der Waals surface area contributed by atoms with Gasteiger partial charge in [-0.3, -0.25) is 4.90 Å². The molecule has 1 aromatic rings. The summed E-state index contributed by atoms with van der Waals surface area (Å²) in [6.45, 7) is 11.3. The number of benzene rings is 1. The predicted molar refractivity (Wildman–Crippen MR) is 82.6 cm³/mol. The molecular weight excluding hydrogens is 232 g/mol. The van der Waals surface area contributed by atoms with E-state index in [9.17, 15) is 0 Å². The van der Waals surface area contributed by atoms with Crippen molar-refractivity contribution in [2.75, 3.05) is 26.2 Å². The number of rotatable bonds is 5. The zero-order valence-corrected chi connectivity index (χ0v) is 12.7. The van der Waals surface area contributed by atoms with Gasteiger partial charge in [0, 0.05) is 32.2 Å². The summed E-state index contributed by atoms with van der Waals surface area (Å²) in [5.74, 6) is 0. The van der Waals surface area contributed by atoms with E-state index in [-0.39, 0.29) is 0 Å². The summed E-state index contributed by atoms with van der Waals surface area (Å²) in [5, 5.41) is 3.46. The van der Waals surface area contributed by atoms with Gasteiger partial charge in [0.25, 0.3) is 0 Å². The Morgan fingerprint density at radius 3 is 2.32 bits per heavy atom. The first-order chi connectivity index (χ1) is 9.20. The van der Waals surface area contributed by atoms with Crippen LogP contribution < -0.4 is 5.32 Å². The maximum absolute atomic E-state index is 3.46. The van der Waals surface area contributed by atoms with E-state index in [0.717, 1.165) is 13.1 Å². The van der Waals surface area contributed by atoms with E-state index in [1.54, 1.807) is 0 Å². The molecule has 1 aromatic carbocycles. The molecule has 1 atom stereocenters. The molecule has 19 heavy (non-hydrogen) atoms. The summed E-state index contributed by atoms with van der Waals surface area (Å²) in [4.78, 5) is 2.67. The highest BCUT2D eigenvalue weighted by atomic mass is 15.2. The molecule has 1 fully saturated rings. The van der Waals surface area contributed by atoms with Crippen LogP contribution in [0.15, 0.2) is 18.2 Å². The van der Waals surface area contributed by atoms with E-state index in [0.29, 0.717) is 6.04 Å². The molecule has 0 aromatic heterocycles. The zero-order chi connectivity index (χ0) is 13.7. The maximum Gasteiger partial charge on any atom is 0.0349 e. The van der Waals surface area contributed by atoms with E-state index in [2.05, 4.69) is 49.2 Å². The summed E-state index contributed by atoms with van der Waals surface area (Å²) in [6, 6.07) is 7.66. The molecule has 0 unspecified atom stereocenters. The molecule has 0 spiro atoms. The Kier molecular flexibility index (Phi) is 5.41. The largest absolute Gasteiger partial charge is 0.314 e. The Balaban J connectivity index is 2.19. The van der Waals surface area contributed by atoms with Gasteiger partial charge in [-0.15, -0.1) is 0 Å². The first kappa shape index (κ1) is 14.5. The van der Waals surface area contributed by atoms with Crippen molar-refractivity contribution in [3.8, 4) is 0 Å². The summed E-state index contributed by atoms with van der Waals surface area (Å²) >= 11 is 0. The third-order valence-corrected chi connectivity index (χ3v) is 4.05. The summed E-state index contributed by atoms with van der Waals surface area (Å²) in [5.41, 5.74) is 4.31. The summed E-state index contributed by atoms with van der Waals surface area (Å²) < 4.78 is 0. The molecular formula is C17H28N2. The van der Waals surface area contributed by atoms with Gasteiger partial charge in [0.05, 0.1) is 0 Å². The summed E-state index contributed by atoms with van der Waals surface area (Å²) in [6.07, 6.45) is 3.90. The maximum atomic E-state index is 3.46. The van der Waals surface area contributed by atoms with Crippen molar-refractivity contribution in [3.05, 3.63) is 34.9 Å². The van der Waals surface area contributed by atoms with Crippen molar-refractivity contribution in [1.82, 2.24) is 10.2 Å². The Hall–Kier alpha value is -0.860. The fraction of sp³-hybridized carbons (Fsp3) is 0.647. The predicted octanol–water partition coefficient (Wildman–Crippen LogP) is 3.44. The van der Waals surface area contributed by atoms with Crippen molar-refractivity contribution >= 4 is 0 Å². The van der Waals surface area contributed by atoms with Crippen LogP contribution in [0.4, 0.5) is 0 Å². The average molecular weight is 260 g/mol. The van der Waals surface area contributed by atoms with Gasteiger partial charge in [0.2, 0.25) is 0 Å². The van der Waals surface area contributed by atoms with Crippen LogP contribution in [0.25, 0.3) is 0 Å². The first-order valence-electron chi connectivity index (χ1n) is 7.73. The van der Waals surface area contributed by atoms with Crippen LogP contribution in [0.2, 0.25) is 0 Å². The van der Waals surface area contributed by atoms with Gasteiger partial charge >= 0.3 is 0 Å². The molecule has 1 aliphatic rings. The second-order valence-corrected chi connectivity index (χ2v) is 5.87. The third-order valence-electron chi connectivity index (χ3n) is 4.05. The normalized spacial score (nSPS) is 18.5. The molecule has 2 nitrogen and oxygen atoms in total. The molecule has 1 heterocycles. The second-order valence-electron chi connectivity index (χ2n) is 5.87. The van der Waals surface area contributed by atoms with Crippen molar-refractivity contribution in [3.63, 3.8) is 0 Å². The highest BCUT2D eigenvalue weighted by Gasteiger charge is 2.21. The Labute approximate surface area is 118 Å². The number of nitrogens with one attached hydrogen (secondary N) is 1. The van der Waals surface area contributed by atoms with E-state index < -0.39 is 0 Å². The molecule has 1 N–H and O–H groups in total. The lowest BCUT2D eigenvalue weighted by atomic mass is 9.95. The minimum absolute atomic E-state index is 0.612. The van der Waals surface area contributed by atoms with Gasteiger partial charge in [-0.05, 0) is 25.8 Å². The van der Waals surface area contributed by atoms with Gasteiger partial charge in [0.1, 0.15) is 0 Å². The number of piperazine rings is 1. The fourth-order valence-electron chi connectivity index (χ4n) is 3.15. The van der Waals surface area contributed by atoms with Crippen LogP contribution in [0, 0.1) is 13.8 Å². The average Bonchev–Trinajstić information content (AvgIpc) is 2.39. The Morgan fingerprint density at radius 1 is 1.11 bits per heavy atom. The van der Waals surface area contributed by atoms with Crippen LogP contribution in [0.5, 0.6) is 0 Å². The van der Waals surface area contributed by atoms with E-state index >= 15 is 0 Å². The molecule has 0 bridgehead atoms. The Bertz CT molecular complexity index is 374. The SMILES string of the molecule is CCCC[C@H](c1cc(C)cc(C)c1)N1CCNCC1. The van der Waals surface area contributed by atoms with Gasteiger partial charge in [-0.25, -0.2) is 0 Å². The number of hydrogen-bond acceptors (Lipinski definition) is 2. The summed E-state index contributed by atoms with van der Waals surface area (Å²) in [7, 11) is 0. The number of nitrogens with zero attached hydrogens (tertiary/aromatic N) is 1. The minimum atomic E-state index is 0.612. The van der Waals surface area contributed by atoms with Crippen LogP contribution in [-0.2, 0) is 0 Å². The fourth-order valence-corrected chi connectivity index (χ4v) is 3.15. The number of unbranched alkanes of at least 4 members (excludes halogenated alkanes) is 1. The standard InChI is InChI=1S/C17H28N2/c1-4-5-6-17(19-9-7-18-8-10-19)16-12-14(2)11-15(3)13-16/h11-13,17-18H,4-10H2,1-3H3/t17-/m1/s1. The highest BCUT2D eigenvalue weighted by molar-refractivity contribution is 5.30. The van der Waals surface area contributed by atoms with E-state index in [1.807, 2.05) is 0 Å². The zero-order valence-electron chi connectivity index (χ0n) is 12.7. The van der Waals surface area contributed by atoms with Crippen molar-refractivity contribution < 1.29 is 0 Å². The van der Waals surface area contributed by atoms with Crippen LogP contribution >= 0.6 is 0 Å². The quantitative estimate of drug-likeness (QED) is 0.872. The number of aryl methyl sites for hydroxylation is 2. The monoisotopic (exact) mass is 260 g/mol. The molecule has 0 saturated carbocycles. The molecule has 106 valence electrons. The molecule has 1 saturated heterocycles. The van der Waals surface area contributed by atoms with Crippen molar-refractivity contribution in [2.45, 2.75) is 46.1 Å². The molecule has 2 heteroatoms. The first-order valence-corrected chi connectivity index (χ1v) is 7.73. The molecule has 0 amide bonds. The van der Waals surface area contributed by atoms with Gasteiger partial charge in [0.15, 0.2) is 0 Å². The van der Waals surface area contributed by atoms with Gasteiger partial charge in [-0.2, -0.15) is 0 Å². The smallest absolute Gasteiger partial charge is 0.0349 e. The van der Waals surface area contributed by atoms with Gasteiger partial charge in [-0.1, -0.05) is 49.1 Å². The van der Waals surface area contributed by atoms with Crippen LogP contribution in [-0.4, -0.2) is 31.1 Å². The van der Waals surface area contributed by atoms with Crippen LogP contribution in [0.3, 0.4) is 0 Å². The van der Waals surface area contributed by atoms with Crippen molar-refractivity contribution in [2.24, 2.45) is 0 Å².